The maximum Gasteiger partial charge on any atom is 0.338 e. The van der Waals surface area contributed by atoms with Crippen molar-refractivity contribution in [3.63, 3.8) is 0 Å². The van der Waals surface area contributed by atoms with Crippen molar-refractivity contribution in [2.45, 2.75) is 10.4 Å². The van der Waals surface area contributed by atoms with Crippen LogP contribution in [0.3, 0.4) is 0 Å². The van der Waals surface area contributed by atoms with Crippen LogP contribution in [0.25, 0.3) is 10.6 Å². The molecule has 0 fully saturated rings. The van der Waals surface area contributed by atoms with Crippen LogP contribution in [0, 0.1) is 5.82 Å². The lowest BCUT2D eigenvalue weighted by atomic mass is 9.96. The van der Waals surface area contributed by atoms with Gasteiger partial charge in [0.05, 0.1) is 12.7 Å². The third-order valence-electron chi connectivity index (χ3n) is 4.94. The molecular weight excluding hydrogens is 465 g/mol. The van der Waals surface area contributed by atoms with Crippen LogP contribution in [-0.2, 0) is 9.53 Å². The van der Waals surface area contributed by atoms with Gasteiger partial charge in [-0.1, -0.05) is 70.7 Å². The number of ether oxygens (including phenoxy) is 1. The van der Waals surface area contributed by atoms with Gasteiger partial charge in [0.25, 0.3) is 0 Å². The number of halogens is 1. The van der Waals surface area contributed by atoms with E-state index in [0.29, 0.717) is 28.5 Å². The molecule has 1 N–H and O–H groups in total. The van der Waals surface area contributed by atoms with E-state index in [1.807, 2.05) is 30.3 Å². The van der Waals surface area contributed by atoms with Crippen molar-refractivity contribution >= 4 is 35.0 Å². The predicted octanol–water partition coefficient (Wildman–Crippen LogP) is 3.57. The maximum atomic E-state index is 14.0. The van der Waals surface area contributed by atoms with Crippen LogP contribution in [0.15, 0.2) is 70.2 Å². The number of carbonyl (C=O) groups excluding carboxylic acids is 1. The SMILES string of the molecule is COC(=O)C1=C(CSc2nnc(-c3ccccc3)s2)Nc2nnnn2C1c1cccc(F)c1. The molecular formula is C21H16FN7O2S2. The Labute approximate surface area is 195 Å². The number of esters is 1. The topological polar surface area (TPSA) is 108 Å². The lowest BCUT2D eigenvalue weighted by molar-refractivity contribution is -0.136. The van der Waals surface area contributed by atoms with E-state index in [2.05, 4.69) is 31.0 Å². The second-order valence-electron chi connectivity index (χ2n) is 6.94. The van der Waals surface area contributed by atoms with Crippen LogP contribution < -0.4 is 5.32 Å². The van der Waals surface area contributed by atoms with Gasteiger partial charge in [0.2, 0.25) is 5.95 Å². The quantitative estimate of drug-likeness (QED) is 0.327. The molecule has 1 aliphatic heterocycles. The molecule has 0 saturated carbocycles. The molecule has 2 aromatic carbocycles. The molecule has 1 aliphatic rings. The van der Waals surface area contributed by atoms with Crippen molar-refractivity contribution in [1.29, 1.82) is 0 Å². The predicted molar refractivity (Wildman–Crippen MR) is 121 cm³/mol. The zero-order chi connectivity index (χ0) is 22.8. The summed E-state index contributed by atoms with van der Waals surface area (Å²) in [6, 6.07) is 15.0. The first-order chi connectivity index (χ1) is 16.1. The first-order valence-electron chi connectivity index (χ1n) is 9.77. The Bertz CT molecular complexity index is 1340. The van der Waals surface area contributed by atoms with Gasteiger partial charge < -0.3 is 10.1 Å². The van der Waals surface area contributed by atoms with E-state index in [0.717, 1.165) is 14.9 Å². The standard InChI is InChI=1S/C21H16FN7O2S2/c1-31-19(30)16-15(11-32-21-26-24-18(33-21)12-6-3-2-4-7-12)23-20-25-27-28-29(20)17(16)13-8-5-9-14(22)10-13/h2-10,17H,11H2,1H3,(H,23,25,28). The molecule has 0 aliphatic carbocycles. The fourth-order valence-electron chi connectivity index (χ4n) is 3.48. The van der Waals surface area contributed by atoms with Crippen LogP contribution in [-0.4, -0.2) is 49.2 Å². The molecule has 2 aromatic heterocycles. The van der Waals surface area contributed by atoms with E-state index >= 15 is 0 Å². The maximum absolute atomic E-state index is 14.0. The second-order valence-corrected chi connectivity index (χ2v) is 9.14. The molecule has 0 saturated heterocycles. The van der Waals surface area contributed by atoms with Crippen LogP contribution in [0.5, 0.6) is 0 Å². The minimum absolute atomic E-state index is 0.295. The van der Waals surface area contributed by atoms with E-state index in [-0.39, 0.29) is 0 Å². The summed E-state index contributed by atoms with van der Waals surface area (Å²) in [6.07, 6.45) is 0. The number of thioether (sulfide) groups is 1. The first-order valence-corrected chi connectivity index (χ1v) is 11.6. The number of nitrogens with zero attached hydrogens (tertiary/aromatic N) is 6. The Morgan fingerprint density at radius 3 is 2.82 bits per heavy atom. The zero-order valence-corrected chi connectivity index (χ0v) is 18.8. The molecule has 3 heterocycles. The van der Waals surface area contributed by atoms with E-state index in [9.17, 15) is 9.18 Å². The Balaban J connectivity index is 1.49. The summed E-state index contributed by atoms with van der Waals surface area (Å²) >= 11 is 2.87. The van der Waals surface area contributed by atoms with Gasteiger partial charge >= 0.3 is 5.97 Å². The summed E-state index contributed by atoms with van der Waals surface area (Å²) in [4.78, 5) is 12.8. The van der Waals surface area contributed by atoms with Gasteiger partial charge in [0.15, 0.2) is 4.34 Å². The lowest BCUT2D eigenvalue weighted by Gasteiger charge is -2.28. The molecule has 1 unspecified atom stereocenters. The van der Waals surface area contributed by atoms with Crippen molar-refractivity contribution < 1.29 is 13.9 Å². The fourth-order valence-corrected chi connectivity index (χ4v) is 5.31. The van der Waals surface area contributed by atoms with E-state index in [1.165, 1.54) is 47.0 Å². The highest BCUT2D eigenvalue weighted by atomic mass is 32.2. The highest BCUT2D eigenvalue weighted by molar-refractivity contribution is 8.01. The number of carbonyl (C=O) groups is 1. The molecule has 0 bridgehead atoms. The Morgan fingerprint density at radius 2 is 2.03 bits per heavy atom. The van der Waals surface area contributed by atoms with Crippen LogP contribution in [0.1, 0.15) is 11.6 Å². The molecule has 9 nitrogen and oxygen atoms in total. The van der Waals surface area contributed by atoms with Crippen LogP contribution in [0.4, 0.5) is 10.3 Å². The molecule has 0 amide bonds. The molecule has 12 heteroatoms. The zero-order valence-electron chi connectivity index (χ0n) is 17.2. The number of rotatable bonds is 6. The summed E-state index contributed by atoms with van der Waals surface area (Å²) in [5, 5.41) is 24.2. The van der Waals surface area contributed by atoms with Gasteiger partial charge in [-0.3, -0.25) is 0 Å². The van der Waals surface area contributed by atoms with Gasteiger partial charge in [-0.25, -0.2) is 9.18 Å². The number of fused-ring (bicyclic) bond motifs is 1. The van der Waals surface area contributed by atoms with E-state index < -0.39 is 17.8 Å². The minimum Gasteiger partial charge on any atom is -0.466 e. The normalized spacial score (nSPS) is 15.2. The van der Waals surface area contributed by atoms with Gasteiger partial charge in [-0.05, 0) is 28.1 Å². The summed E-state index contributed by atoms with van der Waals surface area (Å²) in [5.41, 5.74) is 2.36. The Morgan fingerprint density at radius 1 is 1.18 bits per heavy atom. The average molecular weight is 482 g/mol. The highest BCUT2D eigenvalue weighted by Crippen LogP contribution is 2.38. The summed E-state index contributed by atoms with van der Waals surface area (Å²) in [6.45, 7) is 0. The number of nitrogens with one attached hydrogen (secondary N) is 1. The van der Waals surface area contributed by atoms with Gasteiger partial charge in [-0.15, -0.1) is 10.2 Å². The van der Waals surface area contributed by atoms with Crippen molar-refractivity contribution in [3.8, 4) is 10.6 Å². The first kappa shape index (κ1) is 21.2. The van der Waals surface area contributed by atoms with E-state index in [1.54, 1.807) is 12.1 Å². The number of hydrogen-bond acceptors (Lipinski definition) is 10. The lowest BCUT2D eigenvalue weighted by Crippen LogP contribution is -2.31. The number of hydrogen-bond donors (Lipinski definition) is 1. The average Bonchev–Trinajstić information content (AvgIpc) is 3.51. The van der Waals surface area contributed by atoms with Gasteiger partial charge in [0, 0.05) is 17.0 Å². The molecule has 4 aromatic rings. The van der Waals surface area contributed by atoms with E-state index in [4.69, 9.17) is 4.74 Å². The van der Waals surface area contributed by atoms with Crippen molar-refractivity contribution in [1.82, 2.24) is 30.4 Å². The number of methoxy groups -OCH3 is 1. The van der Waals surface area contributed by atoms with Crippen LogP contribution in [0.2, 0.25) is 0 Å². The van der Waals surface area contributed by atoms with Crippen LogP contribution >= 0.6 is 23.1 Å². The van der Waals surface area contributed by atoms with Crippen molar-refractivity contribution in [3.05, 3.63) is 77.2 Å². The second kappa shape index (κ2) is 9.08. The number of benzene rings is 2. The van der Waals surface area contributed by atoms with Crippen molar-refractivity contribution in [2.75, 3.05) is 18.2 Å². The Kier molecular flexibility index (Phi) is 5.84. The summed E-state index contributed by atoms with van der Waals surface area (Å²) in [7, 11) is 1.30. The number of anilines is 1. The molecule has 1 atom stereocenters. The van der Waals surface area contributed by atoms with Crippen molar-refractivity contribution in [2.24, 2.45) is 0 Å². The number of aromatic nitrogens is 6. The fraction of sp³-hybridized carbons (Fsp3) is 0.143. The van der Waals surface area contributed by atoms with Gasteiger partial charge in [-0.2, -0.15) is 4.68 Å². The smallest absolute Gasteiger partial charge is 0.338 e. The molecule has 0 spiro atoms. The molecule has 33 heavy (non-hydrogen) atoms. The Hall–Kier alpha value is -3.64. The summed E-state index contributed by atoms with van der Waals surface area (Å²) in [5.74, 6) is -0.291. The number of tetrazole rings is 1. The summed E-state index contributed by atoms with van der Waals surface area (Å²) < 4.78 is 21.3. The third-order valence-corrected chi connectivity index (χ3v) is 7.07. The van der Waals surface area contributed by atoms with Gasteiger partial charge in [0.1, 0.15) is 16.9 Å². The monoisotopic (exact) mass is 481 g/mol. The molecule has 5 rings (SSSR count). The highest BCUT2D eigenvalue weighted by Gasteiger charge is 2.36. The third kappa shape index (κ3) is 4.22. The minimum atomic E-state index is -0.746. The largest absolute Gasteiger partial charge is 0.466 e. The molecule has 166 valence electrons. The molecule has 0 radical (unpaired) electrons.